The number of halogens is 2. The first-order valence-electron chi connectivity index (χ1n) is 5.48. The first-order chi connectivity index (χ1) is 9.49. The topological polar surface area (TPSA) is 73.3 Å². The lowest BCUT2D eigenvalue weighted by molar-refractivity contribution is -0.384. The van der Waals surface area contributed by atoms with Crippen LogP contribution in [0.4, 0.5) is 10.1 Å². The van der Waals surface area contributed by atoms with Crippen LogP contribution in [0.25, 0.3) is 21.9 Å². The highest BCUT2D eigenvalue weighted by molar-refractivity contribution is 9.10. The summed E-state index contributed by atoms with van der Waals surface area (Å²) in [6, 6.07) is 6.12. The van der Waals surface area contributed by atoms with Gasteiger partial charge >= 0.3 is 0 Å². The molecule has 0 saturated heterocycles. The highest BCUT2D eigenvalue weighted by atomic mass is 79.9. The average molecular weight is 338 g/mol. The van der Waals surface area contributed by atoms with Crippen LogP contribution in [0.5, 0.6) is 0 Å². The zero-order valence-electron chi connectivity index (χ0n) is 9.72. The number of hydrogen-bond acceptors (Lipinski definition) is 4. The van der Waals surface area contributed by atoms with Gasteiger partial charge in [-0.1, -0.05) is 0 Å². The number of nitro groups is 1. The third kappa shape index (κ3) is 1.78. The number of benzene rings is 2. The molecule has 0 atom stereocenters. The number of rotatable bonds is 1. The Morgan fingerprint density at radius 3 is 2.65 bits per heavy atom. The van der Waals surface area contributed by atoms with Crippen LogP contribution < -0.4 is 5.43 Å². The second kappa shape index (κ2) is 4.38. The molecule has 1 heterocycles. The van der Waals surface area contributed by atoms with Gasteiger partial charge in [-0.25, -0.2) is 4.39 Å². The molecule has 5 nitrogen and oxygen atoms in total. The van der Waals surface area contributed by atoms with E-state index in [-0.39, 0.29) is 32.1 Å². The molecular formula is C13H5BrFNO4. The Labute approximate surface area is 118 Å². The van der Waals surface area contributed by atoms with E-state index in [1.54, 1.807) is 0 Å². The predicted molar refractivity (Wildman–Crippen MR) is 74.3 cm³/mol. The van der Waals surface area contributed by atoms with Crippen molar-refractivity contribution in [3.63, 3.8) is 0 Å². The molecule has 0 spiro atoms. The van der Waals surface area contributed by atoms with E-state index in [0.717, 1.165) is 12.1 Å². The third-order valence-corrected chi connectivity index (χ3v) is 3.66. The van der Waals surface area contributed by atoms with E-state index >= 15 is 0 Å². The molecule has 0 aliphatic rings. The summed E-state index contributed by atoms with van der Waals surface area (Å²) in [5.74, 6) is -0.554. The molecule has 0 saturated carbocycles. The Bertz CT molecular complexity index is 935. The summed E-state index contributed by atoms with van der Waals surface area (Å²) in [6.45, 7) is 0. The molecule has 3 aromatic rings. The third-order valence-electron chi connectivity index (χ3n) is 2.93. The van der Waals surface area contributed by atoms with Gasteiger partial charge in [0.25, 0.3) is 5.69 Å². The second-order valence-electron chi connectivity index (χ2n) is 4.11. The van der Waals surface area contributed by atoms with Crippen molar-refractivity contribution in [2.45, 2.75) is 0 Å². The van der Waals surface area contributed by atoms with Gasteiger partial charge in [0.1, 0.15) is 11.4 Å². The standard InChI is InChI=1S/C13H5BrFNO4/c14-11-9(15)3-2-7-12(17)8-5-6(16(18)19)1-4-10(8)20-13(7)11/h1-5H. The van der Waals surface area contributed by atoms with Crippen LogP contribution in [0.2, 0.25) is 0 Å². The van der Waals surface area contributed by atoms with Gasteiger partial charge in [0.2, 0.25) is 5.43 Å². The molecule has 0 unspecified atom stereocenters. The molecule has 0 amide bonds. The van der Waals surface area contributed by atoms with Gasteiger partial charge in [-0.05, 0) is 34.1 Å². The predicted octanol–water partition coefficient (Wildman–Crippen LogP) is 3.76. The molecule has 0 aliphatic heterocycles. The van der Waals surface area contributed by atoms with Crippen molar-refractivity contribution in [2.24, 2.45) is 0 Å². The van der Waals surface area contributed by atoms with Crippen molar-refractivity contribution < 1.29 is 13.7 Å². The van der Waals surface area contributed by atoms with E-state index in [2.05, 4.69) is 15.9 Å². The molecule has 1 aromatic heterocycles. The Kier molecular flexibility index (Phi) is 2.79. The van der Waals surface area contributed by atoms with Crippen molar-refractivity contribution >= 4 is 43.6 Å². The van der Waals surface area contributed by atoms with E-state index in [0.29, 0.717) is 0 Å². The normalized spacial score (nSPS) is 11.1. The van der Waals surface area contributed by atoms with Gasteiger partial charge in [0.05, 0.1) is 20.2 Å². The maximum absolute atomic E-state index is 13.5. The summed E-state index contributed by atoms with van der Waals surface area (Å²) in [5, 5.41) is 11.0. The molecule has 0 fully saturated rings. The Morgan fingerprint density at radius 1 is 1.20 bits per heavy atom. The van der Waals surface area contributed by atoms with Crippen LogP contribution in [0.1, 0.15) is 0 Å². The van der Waals surface area contributed by atoms with Crippen molar-refractivity contribution in [1.29, 1.82) is 0 Å². The second-order valence-corrected chi connectivity index (χ2v) is 4.90. The number of hydrogen-bond donors (Lipinski definition) is 0. The van der Waals surface area contributed by atoms with Crippen molar-refractivity contribution in [2.75, 3.05) is 0 Å². The van der Waals surface area contributed by atoms with Crippen LogP contribution in [0.15, 0.2) is 44.0 Å². The largest absolute Gasteiger partial charge is 0.454 e. The summed E-state index contributed by atoms with van der Waals surface area (Å²) < 4.78 is 19.0. The first kappa shape index (κ1) is 12.7. The van der Waals surface area contributed by atoms with E-state index in [9.17, 15) is 19.3 Å². The molecule has 0 bridgehead atoms. The van der Waals surface area contributed by atoms with Crippen molar-refractivity contribution in [1.82, 2.24) is 0 Å². The fourth-order valence-electron chi connectivity index (χ4n) is 1.96. The van der Waals surface area contributed by atoms with Crippen LogP contribution >= 0.6 is 15.9 Å². The fraction of sp³-hybridized carbons (Fsp3) is 0. The molecule has 0 aliphatic carbocycles. The number of non-ortho nitro benzene ring substituents is 1. The Hall–Kier alpha value is -2.28. The maximum atomic E-state index is 13.5. The molecule has 20 heavy (non-hydrogen) atoms. The van der Waals surface area contributed by atoms with Crippen LogP contribution in [0.3, 0.4) is 0 Å². The molecule has 7 heteroatoms. The lowest BCUT2D eigenvalue weighted by Crippen LogP contribution is -2.03. The van der Waals surface area contributed by atoms with Crippen molar-refractivity contribution in [3.05, 3.63) is 61.0 Å². The summed E-state index contributed by atoms with van der Waals surface area (Å²) in [7, 11) is 0. The highest BCUT2D eigenvalue weighted by Crippen LogP contribution is 2.29. The van der Waals surface area contributed by atoms with E-state index in [4.69, 9.17) is 4.42 Å². The zero-order chi connectivity index (χ0) is 14.4. The number of nitrogens with zero attached hydrogens (tertiary/aromatic N) is 1. The van der Waals surface area contributed by atoms with E-state index in [1.807, 2.05) is 0 Å². The molecule has 0 N–H and O–H groups in total. The minimum absolute atomic E-state index is 0.0485. The van der Waals surface area contributed by atoms with Gasteiger partial charge in [-0.3, -0.25) is 14.9 Å². The number of nitro benzene ring substituents is 1. The summed E-state index contributed by atoms with van der Waals surface area (Å²) in [5.41, 5.74) is -0.397. The Balaban J connectivity index is 2.51. The molecule has 0 radical (unpaired) electrons. The molecule has 3 rings (SSSR count). The van der Waals surface area contributed by atoms with E-state index in [1.165, 1.54) is 18.2 Å². The molecule has 2 aromatic carbocycles. The number of fused-ring (bicyclic) bond motifs is 2. The maximum Gasteiger partial charge on any atom is 0.270 e. The fourth-order valence-corrected chi connectivity index (χ4v) is 2.39. The Morgan fingerprint density at radius 2 is 1.95 bits per heavy atom. The van der Waals surface area contributed by atoms with Gasteiger partial charge < -0.3 is 4.42 Å². The van der Waals surface area contributed by atoms with Gasteiger partial charge in [0, 0.05) is 12.1 Å². The highest BCUT2D eigenvalue weighted by Gasteiger charge is 2.15. The van der Waals surface area contributed by atoms with Gasteiger partial charge in [-0.15, -0.1) is 0 Å². The van der Waals surface area contributed by atoms with E-state index < -0.39 is 16.2 Å². The minimum Gasteiger partial charge on any atom is -0.454 e. The van der Waals surface area contributed by atoms with Crippen molar-refractivity contribution in [3.8, 4) is 0 Å². The minimum atomic E-state index is -0.594. The molecular weight excluding hydrogens is 333 g/mol. The van der Waals surface area contributed by atoms with Gasteiger partial charge in [-0.2, -0.15) is 0 Å². The zero-order valence-corrected chi connectivity index (χ0v) is 11.3. The monoisotopic (exact) mass is 337 g/mol. The average Bonchev–Trinajstić information content (AvgIpc) is 2.43. The first-order valence-corrected chi connectivity index (χ1v) is 6.27. The van der Waals surface area contributed by atoms with Crippen LogP contribution in [-0.4, -0.2) is 4.92 Å². The summed E-state index contributed by atoms with van der Waals surface area (Å²) in [4.78, 5) is 22.4. The van der Waals surface area contributed by atoms with Gasteiger partial charge in [0.15, 0.2) is 5.58 Å². The summed E-state index contributed by atoms with van der Waals surface area (Å²) >= 11 is 3.02. The van der Waals surface area contributed by atoms with Crippen LogP contribution in [-0.2, 0) is 0 Å². The smallest absolute Gasteiger partial charge is 0.270 e. The summed E-state index contributed by atoms with van der Waals surface area (Å²) in [6.07, 6.45) is 0. The quantitative estimate of drug-likeness (QED) is 0.385. The lowest BCUT2D eigenvalue weighted by Gasteiger charge is -2.03. The SMILES string of the molecule is O=c1c2cc([N+](=O)[O-])ccc2oc2c(Br)c(F)ccc12. The molecule has 100 valence electrons. The lowest BCUT2D eigenvalue weighted by atomic mass is 10.1. The van der Waals surface area contributed by atoms with Crippen LogP contribution in [0, 0.1) is 15.9 Å².